The van der Waals surface area contributed by atoms with Gasteiger partial charge in [0.25, 0.3) is 0 Å². The van der Waals surface area contributed by atoms with E-state index in [2.05, 4.69) is 40.3 Å². The lowest BCUT2D eigenvalue weighted by molar-refractivity contribution is 0.187. The highest BCUT2D eigenvalue weighted by molar-refractivity contribution is 5.88. The van der Waals surface area contributed by atoms with Gasteiger partial charge in [-0.3, -0.25) is 5.10 Å². The first kappa shape index (κ1) is 13.3. The Kier molecular flexibility index (Phi) is 3.31. The van der Waals surface area contributed by atoms with Crippen molar-refractivity contribution in [1.29, 1.82) is 0 Å². The van der Waals surface area contributed by atoms with Crippen LogP contribution in [0.3, 0.4) is 0 Å². The highest BCUT2D eigenvalue weighted by Gasteiger charge is 2.29. The molecule has 112 valence electrons. The second-order valence-electron chi connectivity index (χ2n) is 5.98. The van der Waals surface area contributed by atoms with Crippen LogP contribution in [0.4, 0.5) is 0 Å². The summed E-state index contributed by atoms with van der Waals surface area (Å²) in [7, 11) is 2.14. The normalized spacial score (nSPS) is 15.9. The standard InChI is InChI=1S/C18H19N3O/c1-21-10-14(11-21)18-17-15(19-20-18)8-5-9-16(17)22-12-13-6-3-2-4-7-13/h2-9,14H,10-12H2,1H3,(H,19,20). The predicted octanol–water partition coefficient (Wildman–Crippen LogP) is 3.17. The van der Waals surface area contributed by atoms with E-state index in [1.807, 2.05) is 30.3 Å². The summed E-state index contributed by atoms with van der Waals surface area (Å²) >= 11 is 0. The number of aromatic amines is 1. The molecule has 0 aliphatic carbocycles. The van der Waals surface area contributed by atoms with Crippen molar-refractivity contribution in [3.63, 3.8) is 0 Å². The molecule has 0 radical (unpaired) electrons. The molecule has 1 N–H and O–H groups in total. The van der Waals surface area contributed by atoms with Gasteiger partial charge >= 0.3 is 0 Å². The van der Waals surface area contributed by atoms with E-state index in [1.165, 1.54) is 5.56 Å². The van der Waals surface area contributed by atoms with Gasteiger partial charge in [0, 0.05) is 19.0 Å². The van der Waals surface area contributed by atoms with Crippen LogP contribution in [-0.4, -0.2) is 35.2 Å². The number of rotatable bonds is 4. The van der Waals surface area contributed by atoms with Crippen LogP contribution in [0, 0.1) is 0 Å². The number of aromatic nitrogens is 2. The van der Waals surface area contributed by atoms with Gasteiger partial charge < -0.3 is 9.64 Å². The Morgan fingerprint density at radius 1 is 1.14 bits per heavy atom. The van der Waals surface area contributed by atoms with Gasteiger partial charge in [0.2, 0.25) is 0 Å². The molecule has 0 unspecified atom stereocenters. The monoisotopic (exact) mass is 293 g/mol. The van der Waals surface area contributed by atoms with Gasteiger partial charge in [-0.1, -0.05) is 36.4 Å². The molecule has 1 aliphatic heterocycles. The first-order chi connectivity index (χ1) is 10.8. The number of likely N-dealkylation sites (tertiary alicyclic amines) is 1. The molecule has 0 saturated carbocycles. The van der Waals surface area contributed by atoms with Crippen LogP contribution < -0.4 is 4.74 Å². The van der Waals surface area contributed by atoms with Crippen LogP contribution >= 0.6 is 0 Å². The third-order valence-electron chi connectivity index (χ3n) is 4.27. The van der Waals surface area contributed by atoms with Crippen molar-refractivity contribution in [3.8, 4) is 5.75 Å². The summed E-state index contributed by atoms with van der Waals surface area (Å²) in [5, 5.41) is 8.81. The summed E-state index contributed by atoms with van der Waals surface area (Å²) in [4.78, 5) is 2.30. The van der Waals surface area contributed by atoms with Gasteiger partial charge in [0.05, 0.1) is 16.6 Å². The summed E-state index contributed by atoms with van der Waals surface area (Å²) in [6.07, 6.45) is 0. The van der Waals surface area contributed by atoms with E-state index in [0.717, 1.165) is 35.4 Å². The van der Waals surface area contributed by atoms with E-state index < -0.39 is 0 Å². The van der Waals surface area contributed by atoms with Gasteiger partial charge in [-0.2, -0.15) is 5.10 Å². The number of hydrogen-bond donors (Lipinski definition) is 1. The van der Waals surface area contributed by atoms with Gasteiger partial charge in [0.15, 0.2) is 0 Å². The van der Waals surface area contributed by atoms with E-state index in [4.69, 9.17) is 4.74 Å². The fourth-order valence-electron chi connectivity index (χ4n) is 3.09. The summed E-state index contributed by atoms with van der Waals surface area (Å²) in [6.45, 7) is 2.70. The Morgan fingerprint density at radius 3 is 2.73 bits per heavy atom. The van der Waals surface area contributed by atoms with Crippen LogP contribution in [0.5, 0.6) is 5.75 Å². The highest BCUT2D eigenvalue weighted by Crippen LogP contribution is 2.35. The Balaban J connectivity index is 1.64. The third kappa shape index (κ3) is 2.35. The van der Waals surface area contributed by atoms with Crippen molar-refractivity contribution < 1.29 is 4.74 Å². The maximum atomic E-state index is 6.08. The molecule has 4 nitrogen and oxygen atoms in total. The lowest BCUT2D eigenvalue weighted by atomic mass is 9.94. The van der Waals surface area contributed by atoms with Crippen molar-refractivity contribution in [2.45, 2.75) is 12.5 Å². The number of fused-ring (bicyclic) bond motifs is 1. The molecule has 0 spiro atoms. The van der Waals surface area contributed by atoms with Crippen LogP contribution in [0.15, 0.2) is 48.5 Å². The minimum Gasteiger partial charge on any atom is -0.488 e. The molecule has 4 heteroatoms. The van der Waals surface area contributed by atoms with E-state index in [-0.39, 0.29) is 0 Å². The van der Waals surface area contributed by atoms with Crippen LogP contribution in [0.1, 0.15) is 17.2 Å². The smallest absolute Gasteiger partial charge is 0.131 e. The van der Waals surface area contributed by atoms with E-state index in [0.29, 0.717) is 12.5 Å². The predicted molar refractivity (Wildman–Crippen MR) is 87.1 cm³/mol. The fourth-order valence-corrected chi connectivity index (χ4v) is 3.09. The van der Waals surface area contributed by atoms with E-state index in [9.17, 15) is 0 Å². The van der Waals surface area contributed by atoms with Crippen molar-refractivity contribution in [1.82, 2.24) is 15.1 Å². The molecule has 2 aromatic carbocycles. The minimum atomic E-state index is 0.500. The summed E-state index contributed by atoms with van der Waals surface area (Å²) in [6, 6.07) is 16.4. The molecule has 1 saturated heterocycles. The molecule has 1 aliphatic rings. The van der Waals surface area contributed by atoms with E-state index in [1.54, 1.807) is 0 Å². The number of benzene rings is 2. The minimum absolute atomic E-state index is 0.500. The SMILES string of the molecule is CN1CC(c2n[nH]c3cccc(OCc4ccccc4)c23)C1. The second kappa shape index (κ2) is 5.46. The molecule has 0 atom stereocenters. The topological polar surface area (TPSA) is 41.2 Å². The Morgan fingerprint density at radius 2 is 1.95 bits per heavy atom. The lowest BCUT2D eigenvalue weighted by Crippen LogP contribution is -2.41. The van der Waals surface area contributed by atoms with Gasteiger partial charge in [0.1, 0.15) is 12.4 Å². The summed E-state index contributed by atoms with van der Waals surface area (Å²) < 4.78 is 6.08. The summed E-state index contributed by atoms with van der Waals surface area (Å²) in [5.74, 6) is 1.42. The fraction of sp³-hybridized carbons (Fsp3) is 0.278. The molecule has 4 rings (SSSR count). The maximum Gasteiger partial charge on any atom is 0.131 e. The van der Waals surface area contributed by atoms with Crippen molar-refractivity contribution in [2.24, 2.45) is 0 Å². The quantitative estimate of drug-likeness (QED) is 0.803. The Hall–Kier alpha value is -2.33. The molecule has 1 aromatic heterocycles. The largest absolute Gasteiger partial charge is 0.488 e. The lowest BCUT2D eigenvalue weighted by Gasteiger charge is -2.35. The average Bonchev–Trinajstić information content (AvgIpc) is 2.95. The molecular formula is C18H19N3O. The first-order valence-corrected chi connectivity index (χ1v) is 7.63. The van der Waals surface area contributed by atoms with Gasteiger partial charge in [-0.15, -0.1) is 0 Å². The highest BCUT2D eigenvalue weighted by atomic mass is 16.5. The maximum absolute atomic E-state index is 6.08. The van der Waals surface area contributed by atoms with Crippen LogP contribution in [0.25, 0.3) is 10.9 Å². The number of nitrogens with one attached hydrogen (secondary N) is 1. The number of nitrogens with zero attached hydrogens (tertiary/aromatic N) is 2. The number of H-pyrrole nitrogens is 1. The van der Waals surface area contributed by atoms with E-state index >= 15 is 0 Å². The zero-order valence-corrected chi connectivity index (χ0v) is 12.6. The van der Waals surface area contributed by atoms with Gasteiger partial charge in [-0.05, 0) is 24.7 Å². The molecular weight excluding hydrogens is 274 g/mol. The zero-order valence-electron chi connectivity index (χ0n) is 12.6. The zero-order chi connectivity index (χ0) is 14.9. The number of likely N-dealkylation sites (N-methyl/N-ethyl adjacent to an activating group) is 1. The van der Waals surface area contributed by atoms with Crippen LogP contribution in [-0.2, 0) is 6.61 Å². The molecule has 22 heavy (non-hydrogen) atoms. The second-order valence-corrected chi connectivity index (χ2v) is 5.98. The van der Waals surface area contributed by atoms with Crippen molar-refractivity contribution >= 4 is 10.9 Å². The molecule has 0 bridgehead atoms. The Bertz CT molecular complexity index is 775. The molecule has 2 heterocycles. The van der Waals surface area contributed by atoms with Gasteiger partial charge in [-0.25, -0.2) is 0 Å². The Labute approximate surface area is 129 Å². The number of hydrogen-bond acceptors (Lipinski definition) is 3. The van der Waals surface area contributed by atoms with Crippen molar-refractivity contribution in [2.75, 3.05) is 20.1 Å². The van der Waals surface area contributed by atoms with Crippen molar-refractivity contribution in [3.05, 3.63) is 59.8 Å². The third-order valence-corrected chi connectivity index (χ3v) is 4.27. The molecule has 0 amide bonds. The molecule has 1 fully saturated rings. The first-order valence-electron chi connectivity index (χ1n) is 7.63. The average molecular weight is 293 g/mol. The molecule has 3 aromatic rings. The number of ether oxygens (including phenoxy) is 1. The van der Waals surface area contributed by atoms with Crippen LogP contribution in [0.2, 0.25) is 0 Å². The summed E-state index contributed by atoms with van der Waals surface area (Å²) in [5.41, 5.74) is 3.36.